The van der Waals surface area contributed by atoms with Gasteiger partial charge in [0.05, 0.1) is 40.0 Å². The number of amides is 6. The molecule has 25 nitrogen and oxygen atoms in total. The number of fused-ring (bicyclic) bond motifs is 5. The number of carboxylic acids is 1. The highest BCUT2D eigenvalue weighted by molar-refractivity contribution is 7.92. The van der Waals surface area contributed by atoms with Crippen LogP contribution in [-0.4, -0.2) is 108 Å². The minimum Gasteiger partial charge on any atom is -0.550 e. The molecular formula is C61H67N12O13S2-. The summed E-state index contributed by atoms with van der Waals surface area (Å²) < 4.78 is 42.6. The van der Waals surface area contributed by atoms with Crippen LogP contribution in [-0.2, 0) is 62.2 Å². The van der Waals surface area contributed by atoms with Crippen molar-refractivity contribution in [2.24, 2.45) is 11.7 Å². The summed E-state index contributed by atoms with van der Waals surface area (Å²) in [5.41, 5.74) is 7.69. The van der Waals surface area contributed by atoms with Gasteiger partial charge < -0.3 is 71.8 Å². The number of hydrogen-bond acceptors (Lipinski definition) is 16. The molecule has 6 aromatic rings. The second kappa shape index (κ2) is 27.1. The maximum absolute atomic E-state index is 14.4. The standard InChI is InChI=1S/C61H68N12O13S2/c1-5-25-63-58(81)65-40-14-10-16-42(29-40)88(83,84)71-41-15-9-13-36(28-41)47(31-50(74)75)68-59(82)64-38-19-21-39(22-20-38)66-60(87)69-46(23-24-62)55(78)72-26-11-18-48(72)53(76)70-51(34(3)4)56(79)86-61(6-2)44-30-49-52-37(27-35-12-7-8-17-45(35)67-52)32-73(49)54(77)43(44)33-85-57(61)80/h7-10,12-17,19-22,27-30,34,46-48,51,71H,5-6,11,18,23-26,31-33,62H2,1-4H3,(H,70,76)(H,74,75)(H2,63,65,81)(H2,64,68,82)(H2,66,69,87)/p-1/t46?,47?,48-,51-,61-/m0/s1. The van der Waals surface area contributed by atoms with E-state index in [2.05, 4.69) is 41.9 Å². The van der Waals surface area contributed by atoms with Gasteiger partial charge in [0, 0.05) is 64.7 Å². The number of cyclic esters (lactones) is 1. The van der Waals surface area contributed by atoms with E-state index in [9.17, 15) is 51.9 Å². The Morgan fingerprint density at radius 1 is 0.852 bits per heavy atom. The van der Waals surface area contributed by atoms with E-state index in [4.69, 9.17) is 32.4 Å². The Bertz CT molecular complexity index is 3900. The number of sulfonamides is 1. The number of para-hydroxylation sites is 1. The molecule has 4 aromatic carbocycles. The van der Waals surface area contributed by atoms with Gasteiger partial charge in [-0.25, -0.2) is 32.6 Å². The van der Waals surface area contributed by atoms with Crippen LogP contribution in [0.3, 0.4) is 0 Å². The Morgan fingerprint density at radius 3 is 2.28 bits per heavy atom. The number of likely N-dealkylation sites (tertiary alicyclic amines) is 1. The lowest BCUT2D eigenvalue weighted by molar-refractivity contribution is -0.306. The van der Waals surface area contributed by atoms with Crippen molar-refractivity contribution >= 4 is 103 Å². The predicted molar refractivity (Wildman–Crippen MR) is 329 cm³/mol. The fourth-order valence-electron chi connectivity index (χ4n) is 10.9. The number of nitrogens with one attached hydrogen (secondary N) is 8. The van der Waals surface area contributed by atoms with Crippen molar-refractivity contribution in [1.29, 1.82) is 0 Å². The first kappa shape index (κ1) is 63.0. The second-order valence-corrected chi connectivity index (χ2v) is 23.9. The van der Waals surface area contributed by atoms with E-state index in [1.807, 2.05) is 37.3 Å². The van der Waals surface area contributed by atoms with E-state index >= 15 is 0 Å². The predicted octanol–water partition coefficient (Wildman–Crippen LogP) is 4.80. The lowest BCUT2D eigenvalue weighted by atomic mass is 9.85. The number of aromatic nitrogens is 2. The van der Waals surface area contributed by atoms with E-state index < -0.39 is 99.5 Å². The number of esters is 2. The Hall–Kier alpha value is -9.47. The second-order valence-electron chi connectivity index (χ2n) is 21.8. The van der Waals surface area contributed by atoms with Crippen molar-refractivity contribution in [3.05, 3.63) is 142 Å². The number of benzene rings is 4. The van der Waals surface area contributed by atoms with E-state index in [0.717, 1.165) is 10.9 Å². The van der Waals surface area contributed by atoms with Crippen LogP contribution in [0.4, 0.5) is 32.3 Å². The summed E-state index contributed by atoms with van der Waals surface area (Å²) in [4.78, 5) is 115. The zero-order valence-electron chi connectivity index (χ0n) is 48.6. The minimum absolute atomic E-state index is 0.0226. The third-order valence-corrected chi connectivity index (χ3v) is 16.9. The van der Waals surface area contributed by atoms with Crippen LogP contribution in [0.5, 0.6) is 0 Å². The number of carbonyl (C=O) groups is 7. The number of nitrogens with two attached hydrogens (primary N) is 1. The molecule has 462 valence electrons. The smallest absolute Gasteiger partial charge is 0.355 e. The van der Waals surface area contributed by atoms with Crippen molar-refractivity contribution in [2.75, 3.05) is 40.3 Å². The number of carboxylic acid groups (broad SMARTS) is 1. The van der Waals surface area contributed by atoms with Crippen LogP contribution in [0.15, 0.2) is 119 Å². The molecule has 10 N–H and O–H groups in total. The van der Waals surface area contributed by atoms with Gasteiger partial charge in [-0.15, -0.1) is 0 Å². The Kier molecular flexibility index (Phi) is 19.4. The van der Waals surface area contributed by atoms with Gasteiger partial charge >= 0.3 is 24.0 Å². The van der Waals surface area contributed by atoms with Crippen molar-refractivity contribution < 1.29 is 56.6 Å². The van der Waals surface area contributed by atoms with Crippen LogP contribution in [0.1, 0.15) is 94.5 Å². The molecule has 0 aliphatic carbocycles. The summed E-state index contributed by atoms with van der Waals surface area (Å²) in [5, 5.41) is 32.1. The maximum Gasteiger partial charge on any atom is 0.355 e. The summed E-state index contributed by atoms with van der Waals surface area (Å²) in [7, 11) is -4.21. The van der Waals surface area contributed by atoms with Gasteiger partial charge in [0.1, 0.15) is 24.7 Å². The molecule has 88 heavy (non-hydrogen) atoms. The molecule has 6 amide bonds. The molecule has 0 saturated carbocycles. The lowest BCUT2D eigenvalue weighted by Crippen LogP contribution is -2.57. The molecule has 0 radical (unpaired) electrons. The first-order valence-electron chi connectivity index (χ1n) is 28.7. The molecule has 9 rings (SSSR count). The zero-order chi connectivity index (χ0) is 63.0. The number of pyridine rings is 2. The molecule has 1 fully saturated rings. The summed E-state index contributed by atoms with van der Waals surface area (Å²) >= 11 is 5.62. The van der Waals surface area contributed by atoms with E-state index in [-0.39, 0.29) is 89.3 Å². The van der Waals surface area contributed by atoms with Crippen molar-refractivity contribution in [3.63, 3.8) is 0 Å². The fourth-order valence-corrected chi connectivity index (χ4v) is 12.2. The molecule has 0 bridgehead atoms. The fraction of sp³-hybridized carbons (Fsp3) is 0.344. The molecule has 2 aromatic heterocycles. The first-order chi connectivity index (χ1) is 42.1. The normalized spacial score (nSPS) is 16.8. The monoisotopic (exact) mass is 1240 g/mol. The Balaban J connectivity index is 0.804. The molecular weight excluding hydrogens is 1170 g/mol. The van der Waals surface area contributed by atoms with Crippen molar-refractivity contribution in [2.45, 2.75) is 114 Å². The number of urea groups is 2. The number of ether oxygens (including phenoxy) is 2. The maximum atomic E-state index is 14.4. The van der Waals surface area contributed by atoms with Crippen LogP contribution >= 0.6 is 12.2 Å². The van der Waals surface area contributed by atoms with E-state index in [1.54, 1.807) is 43.5 Å². The SMILES string of the molecule is CCCNC(=O)Nc1cccc(S(=O)(=O)Nc2cccc(C(CC(=O)[O-])NC(=O)Nc3ccc(NC(=S)NC(CCN)C(=O)N4CCC[C@H]4C(=O)N[C@H](C(=O)O[C@]4(CC)C(=O)OCc5c4cc4n(c5=O)Cc5cc6ccccc6nc5-4)C(C)C)cc3)c2)c1. The largest absolute Gasteiger partial charge is 0.550 e. The number of nitrogens with zero attached hydrogens (tertiary/aromatic N) is 3. The number of aliphatic carboxylic acids is 1. The van der Waals surface area contributed by atoms with E-state index in [1.165, 1.54) is 65.6 Å². The van der Waals surface area contributed by atoms with Crippen LogP contribution in [0.25, 0.3) is 22.3 Å². The number of anilines is 4. The highest BCUT2D eigenvalue weighted by Gasteiger charge is 2.52. The van der Waals surface area contributed by atoms with Crippen LogP contribution < -0.4 is 58.3 Å². The topological polar surface area (TPSA) is 356 Å². The molecule has 3 aliphatic heterocycles. The molecule has 0 spiro atoms. The Labute approximate surface area is 511 Å². The van der Waals surface area contributed by atoms with Gasteiger partial charge in [0.2, 0.25) is 17.4 Å². The summed E-state index contributed by atoms with van der Waals surface area (Å²) in [6.45, 7) is 7.51. The third-order valence-electron chi connectivity index (χ3n) is 15.3. The highest BCUT2D eigenvalue weighted by Crippen LogP contribution is 2.41. The number of thiocarbonyl (C=S) groups is 1. The van der Waals surface area contributed by atoms with Crippen molar-refractivity contribution in [3.8, 4) is 11.4 Å². The first-order valence-corrected chi connectivity index (χ1v) is 30.6. The zero-order valence-corrected chi connectivity index (χ0v) is 50.2. The quantitative estimate of drug-likeness (QED) is 0.0325. The molecule has 5 atom stereocenters. The average Bonchev–Trinajstić information content (AvgIpc) is 1.40. The van der Waals surface area contributed by atoms with Gasteiger partial charge in [-0.1, -0.05) is 64.1 Å². The lowest BCUT2D eigenvalue weighted by Gasteiger charge is -2.37. The average molecular weight is 1240 g/mol. The summed E-state index contributed by atoms with van der Waals surface area (Å²) in [6, 6.07) is 23.0. The van der Waals surface area contributed by atoms with Crippen molar-refractivity contribution in [1.82, 2.24) is 35.7 Å². The van der Waals surface area contributed by atoms with Crippen LogP contribution in [0, 0.1) is 5.92 Å². The van der Waals surface area contributed by atoms with Gasteiger partial charge in [-0.3, -0.25) is 19.1 Å². The van der Waals surface area contributed by atoms with Gasteiger partial charge in [0.15, 0.2) is 5.11 Å². The molecule has 2 unspecified atom stereocenters. The van der Waals surface area contributed by atoms with Gasteiger partial charge in [-0.05, 0) is 135 Å². The van der Waals surface area contributed by atoms with Gasteiger partial charge in [-0.2, -0.15) is 0 Å². The number of carbonyl (C=O) groups excluding carboxylic acids is 7. The van der Waals surface area contributed by atoms with Crippen LogP contribution in [0.2, 0.25) is 0 Å². The Morgan fingerprint density at radius 2 is 1.57 bits per heavy atom. The summed E-state index contributed by atoms with van der Waals surface area (Å²) in [5.74, 6) is -4.99. The molecule has 3 aliphatic rings. The van der Waals surface area contributed by atoms with Gasteiger partial charge in [0.25, 0.3) is 15.6 Å². The molecule has 27 heteroatoms. The summed E-state index contributed by atoms with van der Waals surface area (Å²) in [6.07, 6.45) is 0.766. The third kappa shape index (κ3) is 14.0. The molecule has 5 heterocycles. The molecule has 1 saturated heterocycles. The number of hydrogen-bond donors (Lipinski definition) is 9. The minimum atomic E-state index is -4.21. The highest BCUT2D eigenvalue weighted by atomic mass is 32.2. The van der Waals surface area contributed by atoms with E-state index in [0.29, 0.717) is 42.0 Å². The number of rotatable bonds is 22.